The summed E-state index contributed by atoms with van der Waals surface area (Å²) >= 11 is 0. The van der Waals surface area contributed by atoms with Crippen LogP contribution in [0.3, 0.4) is 0 Å². The van der Waals surface area contributed by atoms with Crippen LogP contribution in [0.2, 0.25) is 0 Å². The van der Waals surface area contributed by atoms with Crippen LogP contribution in [0.4, 0.5) is 0 Å². The van der Waals surface area contributed by atoms with Crippen molar-refractivity contribution in [3.63, 3.8) is 0 Å². The van der Waals surface area contributed by atoms with Gasteiger partial charge in [-0.25, -0.2) is 0 Å². The number of hydrogen-bond donors (Lipinski definition) is 0. The molecule has 0 heterocycles. The summed E-state index contributed by atoms with van der Waals surface area (Å²) in [5.74, 6) is 0. The first-order valence-corrected chi connectivity index (χ1v) is 2.00. The summed E-state index contributed by atoms with van der Waals surface area (Å²) in [6.07, 6.45) is 0. The first kappa shape index (κ1) is 10.5. The molecule has 0 rings (SSSR count). The molecule has 0 aliphatic carbocycles. The standard InChI is InChI=1S/C4H10NO.Li/c1-5(2)3-4-6;/h3-4H2,1-2H3;/q-1;+1. The Hall–Kier alpha value is 0.517. The molecule has 0 fully saturated rings. The van der Waals surface area contributed by atoms with Gasteiger partial charge < -0.3 is 10.0 Å². The Balaban J connectivity index is 0. The zero-order valence-electron chi connectivity index (χ0n) is 5.27. The van der Waals surface area contributed by atoms with Crippen molar-refractivity contribution in [2.45, 2.75) is 0 Å². The summed E-state index contributed by atoms with van der Waals surface area (Å²) in [4.78, 5) is 1.87. The Morgan fingerprint density at radius 1 is 1.43 bits per heavy atom. The normalized spacial score (nSPS) is 8.57. The molecule has 0 aliphatic heterocycles. The van der Waals surface area contributed by atoms with Gasteiger partial charge in [-0.05, 0) is 20.6 Å². The van der Waals surface area contributed by atoms with Gasteiger partial charge in [0.1, 0.15) is 0 Å². The molecule has 0 radical (unpaired) electrons. The van der Waals surface area contributed by atoms with Gasteiger partial charge in [0.25, 0.3) is 0 Å². The molecule has 0 aromatic rings. The molecule has 0 aromatic heterocycles. The number of hydrogen-bond acceptors (Lipinski definition) is 2. The van der Waals surface area contributed by atoms with E-state index in [4.69, 9.17) is 0 Å². The van der Waals surface area contributed by atoms with Crippen LogP contribution in [0.25, 0.3) is 0 Å². The van der Waals surface area contributed by atoms with E-state index in [1.54, 1.807) is 0 Å². The molecule has 0 N–H and O–H groups in total. The summed E-state index contributed by atoms with van der Waals surface area (Å²) in [5, 5.41) is 9.70. The smallest absolute Gasteiger partial charge is 0.854 e. The van der Waals surface area contributed by atoms with E-state index in [2.05, 4.69) is 0 Å². The van der Waals surface area contributed by atoms with Crippen LogP contribution >= 0.6 is 0 Å². The second kappa shape index (κ2) is 6.52. The zero-order valence-corrected chi connectivity index (χ0v) is 5.27. The van der Waals surface area contributed by atoms with Gasteiger partial charge in [0.15, 0.2) is 0 Å². The minimum atomic E-state index is 0. The summed E-state index contributed by atoms with van der Waals surface area (Å²) in [7, 11) is 3.77. The molecule has 2 nitrogen and oxygen atoms in total. The SMILES string of the molecule is CN(C)CC[O-].[Li+]. The van der Waals surface area contributed by atoms with E-state index in [1.165, 1.54) is 0 Å². The summed E-state index contributed by atoms with van der Waals surface area (Å²) < 4.78 is 0. The predicted octanol–water partition coefficient (Wildman–Crippen LogP) is -4.09. The van der Waals surface area contributed by atoms with Crippen molar-refractivity contribution in [2.75, 3.05) is 27.2 Å². The predicted molar refractivity (Wildman–Crippen MR) is 23.4 cm³/mol. The minimum absolute atomic E-state index is 0. The first-order chi connectivity index (χ1) is 2.77. The first-order valence-electron chi connectivity index (χ1n) is 2.00. The molecular weight excluding hydrogens is 85.0 g/mol. The maximum Gasteiger partial charge on any atom is 1.00 e. The Morgan fingerprint density at radius 2 is 1.86 bits per heavy atom. The molecule has 0 aliphatic rings. The van der Waals surface area contributed by atoms with Crippen LogP contribution in [0.1, 0.15) is 0 Å². The van der Waals surface area contributed by atoms with Crippen LogP contribution in [0, 0.1) is 0 Å². The van der Waals surface area contributed by atoms with Gasteiger partial charge in [-0.3, -0.25) is 0 Å². The van der Waals surface area contributed by atoms with E-state index < -0.39 is 0 Å². The molecule has 0 saturated carbocycles. The van der Waals surface area contributed by atoms with Crippen molar-refractivity contribution >= 4 is 0 Å². The fraction of sp³-hybridized carbons (Fsp3) is 1.00. The fourth-order valence-electron chi connectivity index (χ4n) is 0.183. The van der Waals surface area contributed by atoms with Crippen LogP contribution in [0.15, 0.2) is 0 Å². The number of rotatable bonds is 2. The maximum atomic E-state index is 9.70. The van der Waals surface area contributed by atoms with Gasteiger partial charge in [0.05, 0.1) is 0 Å². The molecule has 0 bridgehead atoms. The van der Waals surface area contributed by atoms with E-state index in [0.29, 0.717) is 6.54 Å². The number of likely N-dealkylation sites (N-methyl/N-ethyl adjacent to an activating group) is 1. The van der Waals surface area contributed by atoms with Gasteiger partial charge in [0.2, 0.25) is 0 Å². The second-order valence-electron chi connectivity index (χ2n) is 1.51. The summed E-state index contributed by atoms with van der Waals surface area (Å²) in [5.41, 5.74) is 0. The topological polar surface area (TPSA) is 26.3 Å². The molecule has 0 unspecified atom stereocenters. The van der Waals surface area contributed by atoms with E-state index in [0.717, 1.165) is 0 Å². The molecule has 3 heteroatoms. The van der Waals surface area contributed by atoms with Gasteiger partial charge in [0, 0.05) is 0 Å². The van der Waals surface area contributed by atoms with Crippen LogP contribution in [0.5, 0.6) is 0 Å². The Kier molecular flexibility index (Phi) is 9.77. The average molecular weight is 95.1 g/mol. The van der Waals surface area contributed by atoms with E-state index >= 15 is 0 Å². The van der Waals surface area contributed by atoms with Crippen molar-refractivity contribution in [2.24, 2.45) is 0 Å². The molecule has 0 saturated heterocycles. The molecular formula is C4H10LiNO. The van der Waals surface area contributed by atoms with Crippen LogP contribution in [-0.2, 0) is 0 Å². The molecule has 0 atom stereocenters. The van der Waals surface area contributed by atoms with Gasteiger partial charge in [-0.15, -0.1) is 6.61 Å². The Morgan fingerprint density at radius 3 is 1.86 bits per heavy atom. The maximum absolute atomic E-state index is 9.70. The second-order valence-corrected chi connectivity index (χ2v) is 1.51. The van der Waals surface area contributed by atoms with E-state index in [1.807, 2.05) is 19.0 Å². The monoisotopic (exact) mass is 95.1 g/mol. The molecule has 0 spiro atoms. The van der Waals surface area contributed by atoms with Gasteiger partial charge >= 0.3 is 18.9 Å². The van der Waals surface area contributed by atoms with Gasteiger partial charge in [-0.2, -0.15) is 0 Å². The average Bonchev–Trinajstić information content (AvgIpc) is 1.35. The number of nitrogens with zero attached hydrogens (tertiary/aromatic N) is 1. The largest absolute Gasteiger partial charge is 1.00 e. The zero-order chi connectivity index (χ0) is 4.99. The van der Waals surface area contributed by atoms with Crippen molar-refractivity contribution < 1.29 is 24.0 Å². The van der Waals surface area contributed by atoms with Crippen molar-refractivity contribution in [3.05, 3.63) is 0 Å². The molecule has 38 valence electrons. The fourth-order valence-corrected chi connectivity index (χ4v) is 0.183. The summed E-state index contributed by atoms with van der Waals surface area (Å²) in [6.45, 7) is 0.660. The van der Waals surface area contributed by atoms with Crippen molar-refractivity contribution in [1.29, 1.82) is 0 Å². The van der Waals surface area contributed by atoms with Crippen molar-refractivity contribution in [3.8, 4) is 0 Å². The molecule has 7 heavy (non-hydrogen) atoms. The summed E-state index contributed by atoms with van der Waals surface area (Å²) in [6, 6.07) is 0. The van der Waals surface area contributed by atoms with E-state index in [9.17, 15) is 5.11 Å². The Labute approximate surface area is 56.7 Å². The Bertz CT molecular complexity index is 32.9. The van der Waals surface area contributed by atoms with Crippen LogP contribution in [-0.4, -0.2) is 32.1 Å². The van der Waals surface area contributed by atoms with Crippen LogP contribution < -0.4 is 24.0 Å². The quantitative estimate of drug-likeness (QED) is 0.326. The third-order valence-electron chi connectivity index (χ3n) is 0.539. The molecule has 0 aromatic carbocycles. The molecule has 0 amide bonds. The van der Waals surface area contributed by atoms with Crippen molar-refractivity contribution in [1.82, 2.24) is 4.90 Å². The van der Waals surface area contributed by atoms with E-state index in [-0.39, 0.29) is 25.5 Å². The van der Waals surface area contributed by atoms with Gasteiger partial charge in [-0.1, -0.05) is 0 Å². The third-order valence-corrected chi connectivity index (χ3v) is 0.539. The third kappa shape index (κ3) is 10.7. The minimum Gasteiger partial charge on any atom is -0.854 e.